The number of aromatic nitrogens is 2. The normalized spacial score (nSPS) is 12.2. The second-order valence-electron chi connectivity index (χ2n) is 6.45. The Morgan fingerprint density at radius 1 is 1.26 bits per heavy atom. The molecule has 0 fully saturated rings. The van der Waals surface area contributed by atoms with Gasteiger partial charge < -0.3 is 0 Å². The molecule has 6 nitrogen and oxygen atoms in total. The van der Waals surface area contributed by atoms with E-state index in [1.165, 1.54) is 41.5 Å². The van der Waals surface area contributed by atoms with Crippen molar-refractivity contribution >= 4 is 43.3 Å². The monoisotopic (exact) mass is 423 g/mol. The Balaban J connectivity index is 1.92. The van der Waals surface area contributed by atoms with Gasteiger partial charge in [-0.3, -0.25) is 9.36 Å². The third-order valence-corrected chi connectivity index (χ3v) is 8.43. The SMILES string of the molecule is Cc1sc2nc(SCc3cccc(S(=O)(=O)N(C)C)c3)n(C)c(=O)c2c1C. The van der Waals surface area contributed by atoms with E-state index in [0.29, 0.717) is 16.3 Å². The fraction of sp³-hybridized carbons (Fsp3) is 0.333. The lowest BCUT2D eigenvalue weighted by molar-refractivity contribution is 0.520. The van der Waals surface area contributed by atoms with Gasteiger partial charge in [-0.05, 0) is 37.1 Å². The summed E-state index contributed by atoms with van der Waals surface area (Å²) >= 11 is 2.95. The Labute approximate surface area is 166 Å². The van der Waals surface area contributed by atoms with Crippen LogP contribution in [0.1, 0.15) is 16.0 Å². The molecule has 0 aliphatic heterocycles. The number of sulfonamides is 1. The summed E-state index contributed by atoms with van der Waals surface area (Å²) in [6.07, 6.45) is 0. The topological polar surface area (TPSA) is 72.3 Å². The molecule has 0 saturated carbocycles. The number of rotatable bonds is 5. The van der Waals surface area contributed by atoms with Crippen molar-refractivity contribution in [2.75, 3.05) is 14.1 Å². The first-order chi connectivity index (χ1) is 12.6. The van der Waals surface area contributed by atoms with Crippen molar-refractivity contribution in [3.63, 3.8) is 0 Å². The van der Waals surface area contributed by atoms with Crippen LogP contribution in [0.5, 0.6) is 0 Å². The molecule has 0 amide bonds. The van der Waals surface area contributed by atoms with Crippen LogP contribution in [0.25, 0.3) is 10.2 Å². The molecule has 0 aliphatic carbocycles. The predicted octanol–water partition coefficient (Wildman–Crippen LogP) is 3.15. The summed E-state index contributed by atoms with van der Waals surface area (Å²) in [5, 5.41) is 1.30. The fourth-order valence-corrected chi connectivity index (χ4v) is 5.60. The van der Waals surface area contributed by atoms with Crippen LogP contribution in [0.15, 0.2) is 39.1 Å². The molecule has 0 unspecified atom stereocenters. The van der Waals surface area contributed by atoms with E-state index in [-0.39, 0.29) is 10.5 Å². The van der Waals surface area contributed by atoms with Crippen molar-refractivity contribution in [1.29, 1.82) is 0 Å². The second-order valence-corrected chi connectivity index (χ2v) is 10.7. The number of benzene rings is 1. The van der Waals surface area contributed by atoms with E-state index in [0.717, 1.165) is 20.8 Å². The number of thioether (sulfide) groups is 1. The molecule has 0 aliphatic rings. The van der Waals surface area contributed by atoms with E-state index in [1.54, 1.807) is 29.8 Å². The van der Waals surface area contributed by atoms with E-state index in [9.17, 15) is 13.2 Å². The van der Waals surface area contributed by atoms with Crippen LogP contribution in [0, 0.1) is 13.8 Å². The lowest BCUT2D eigenvalue weighted by atomic mass is 10.2. The summed E-state index contributed by atoms with van der Waals surface area (Å²) in [4.78, 5) is 19.4. The Kier molecular flexibility index (Phi) is 5.49. The summed E-state index contributed by atoms with van der Waals surface area (Å²) < 4.78 is 27.4. The van der Waals surface area contributed by atoms with Gasteiger partial charge in [-0.2, -0.15) is 0 Å². The van der Waals surface area contributed by atoms with Gasteiger partial charge in [0.2, 0.25) is 10.0 Å². The molecule has 0 bridgehead atoms. The molecule has 2 aromatic heterocycles. The minimum absolute atomic E-state index is 0.0479. The molecule has 9 heteroatoms. The first-order valence-corrected chi connectivity index (χ1v) is 11.5. The maximum atomic E-state index is 12.7. The van der Waals surface area contributed by atoms with Crippen LogP contribution in [-0.2, 0) is 22.8 Å². The van der Waals surface area contributed by atoms with Crippen molar-refractivity contribution < 1.29 is 8.42 Å². The Hall–Kier alpha value is -1.68. The van der Waals surface area contributed by atoms with Crippen LogP contribution in [-0.4, -0.2) is 36.4 Å². The van der Waals surface area contributed by atoms with Gasteiger partial charge >= 0.3 is 0 Å². The van der Waals surface area contributed by atoms with Crippen molar-refractivity contribution in [2.24, 2.45) is 7.05 Å². The Bertz CT molecular complexity index is 1180. The molecular formula is C18H21N3O3S3. The van der Waals surface area contributed by atoms with Gasteiger partial charge in [-0.15, -0.1) is 11.3 Å². The van der Waals surface area contributed by atoms with E-state index in [1.807, 2.05) is 19.9 Å². The predicted molar refractivity (Wildman–Crippen MR) is 111 cm³/mol. The zero-order valence-corrected chi connectivity index (χ0v) is 18.3. The molecular weight excluding hydrogens is 402 g/mol. The molecule has 2 heterocycles. The van der Waals surface area contributed by atoms with Gasteiger partial charge in [-0.1, -0.05) is 23.9 Å². The van der Waals surface area contributed by atoms with Gasteiger partial charge in [0.25, 0.3) is 5.56 Å². The summed E-state index contributed by atoms with van der Waals surface area (Å²) in [6.45, 7) is 3.94. The van der Waals surface area contributed by atoms with Gasteiger partial charge in [0.15, 0.2) is 5.16 Å². The Morgan fingerprint density at radius 3 is 2.63 bits per heavy atom. The summed E-state index contributed by atoms with van der Waals surface area (Å²) in [5.41, 5.74) is 1.80. The maximum Gasteiger partial charge on any atom is 0.262 e. The first-order valence-electron chi connectivity index (χ1n) is 8.24. The minimum atomic E-state index is -3.47. The molecule has 27 heavy (non-hydrogen) atoms. The third kappa shape index (κ3) is 3.69. The highest BCUT2D eigenvalue weighted by atomic mass is 32.2. The molecule has 0 atom stereocenters. The second kappa shape index (κ2) is 7.38. The molecule has 0 radical (unpaired) electrons. The number of thiophene rings is 1. The largest absolute Gasteiger partial charge is 0.290 e. The van der Waals surface area contributed by atoms with Gasteiger partial charge in [-0.25, -0.2) is 17.7 Å². The van der Waals surface area contributed by atoms with Gasteiger partial charge in [0.05, 0.1) is 10.3 Å². The lowest BCUT2D eigenvalue weighted by Crippen LogP contribution is -2.22. The third-order valence-electron chi connectivity index (χ3n) is 4.41. The number of fused-ring (bicyclic) bond motifs is 1. The van der Waals surface area contributed by atoms with Crippen molar-refractivity contribution in [2.45, 2.75) is 29.7 Å². The fourth-order valence-electron chi connectivity index (χ4n) is 2.64. The molecule has 1 aromatic carbocycles. The van der Waals surface area contributed by atoms with Crippen LogP contribution in [0.2, 0.25) is 0 Å². The summed E-state index contributed by atoms with van der Waals surface area (Å²) in [5.74, 6) is 0.520. The van der Waals surface area contributed by atoms with Crippen LogP contribution in [0.4, 0.5) is 0 Å². The smallest absolute Gasteiger partial charge is 0.262 e. The zero-order chi connectivity index (χ0) is 19.9. The molecule has 0 spiro atoms. The number of aryl methyl sites for hydroxylation is 2. The summed E-state index contributed by atoms with van der Waals surface area (Å²) in [7, 11) is 1.27. The standard InChI is InChI=1S/C18H21N3O3S3/c1-11-12(2)26-16-15(11)17(22)21(5)18(19-16)25-10-13-7-6-8-14(9-13)27(23,24)20(3)4/h6-9H,10H2,1-5H3. The van der Waals surface area contributed by atoms with Crippen molar-refractivity contribution in [3.8, 4) is 0 Å². The average Bonchev–Trinajstić information content (AvgIpc) is 2.91. The zero-order valence-electron chi connectivity index (χ0n) is 15.8. The van der Waals surface area contributed by atoms with Gasteiger partial charge in [0.1, 0.15) is 4.83 Å². The quantitative estimate of drug-likeness (QED) is 0.466. The number of nitrogens with zero attached hydrogens (tertiary/aromatic N) is 3. The number of hydrogen-bond donors (Lipinski definition) is 0. The number of hydrogen-bond acceptors (Lipinski definition) is 6. The van der Waals surface area contributed by atoms with E-state index >= 15 is 0 Å². The Morgan fingerprint density at radius 2 is 1.96 bits per heavy atom. The molecule has 3 rings (SSSR count). The van der Waals surface area contributed by atoms with Crippen molar-refractivity contribution in [1.82, 2.24) is 13.9 Å². The first kappa shape index (κ1) is 20.1. The van der Waals surface area contributed by atoms with E-state index in [2.05, 4.69) is 4.98 Å². The van der Waals surface area contributed by atoms with E-state index in [4.69, 9.17) is 0 Å². The molecule has 144 valence electrons. The highest BCUT2D eigenvalue weighted by molar-refractivity contribution is 7.98. The van der Waals surface area contributed by atoms with Crippen LogP contribution < -0.4 is 5.56 Å². The summed E-state index contributed by atoms with van der Waals surface area (Å²) in [6, 6.07) is 6.85. The van der Waals surface area contributed by atoms with Gasteiger partial charge in [0, 0.05) is 31.8 Å². The van der Waals surface area contributed by atoms with Crippen molar-refractivity contribution in [3.05, 3.63) is 50.6 Å². The van der Waals surface area contributed by atoms with Crippen LogP contribution >= 0.6 is 23.1 Å². The highest BCUT2D eigenvalue weighted by Gasteiger charge is 2.18. The maximum absolute atomic E-state index is 12.7. The highest BCUT2D eigenvalue weighted by Crippen LogP contribution is 2.29. The molecule has 3 aromatic rings. The minimum Gasteiger partial charge on any atom is -0.290 e. The average molecular weight is 424 g/mol. The molecule has 0 saturated heterocycles. The van der Waals surface area contributed by atoms with Crippen LogP contribution in [0.3, 0.4) is 0 Å². The molecule has 0 N–H and O–H groups in total. The van der Waals surface area contributed by atoms with E-state index < -0.39 is 10.0 Å². The lowest BCUT2D eigenvalue weighted by Gasteiger charge is -2.12.